The van der Waals surface area contributed by atoms with E-state index in [0.717, 1.165) is 0 Å². The van der Waals surface area contributed by atoms with Crippen molar-refractivity contribution < 1.29 is 19.5 Å². The molecule has 8 heteroatoms. The quantitative estimate of drug-likeness (QED) is 0.765. The van der Waals surface area contributed by atoms with E-state index in [1.807, 2.05) is 0 Å². The lowest BCUT2D eigenvalue weighted by atomic mass is 10.0. The van der Waals surface area contributed by atoms with Crippen molar-refractivity contribution in [2.24, 2.45) is 5.92 Å². The predicted molar refractivity (Wildman–Crippen MR) is 87.9 cm³/mol. The van der Waals surface area contributed by atoms with Crippen LogP contribution in [0.5, 0.6) is 0 Å². The zero-order valence-electron chi connectivity index (χ0n) is 13.4. The van der Waals surface area contributed by atoms with Gasteiger partial charge in [0.1, 0.15) is 6.04 Å². The molecule has 1 aromatic rings. The van der Waals surface area contributed by atoms with Crippen LogP contribution in [0.15, 0.2) is 18.2 Å². The molecule has 126 valence electrons. The van der Waals surface area contributed by atoms with E-state index in [2.05, 4.69) is 10.6 Å². The molecule has 0 radical (unpaired) electrons. The van der Waals surface area contributed by atoms with Gasteiger partial charge in [0.15, 0.2) is 0 Å². The number of carboxylic acids is 1. The van der Waals surface area contributed by atoms with Gasteiger partial charge in [0.05, 0.1) is 10.6 Å². The molecule has 7 nitrogen and oxygen atoms in total. The first-order valence-electron chi connectivity index (χ1n) is 6.95. The maximum absolute atomic E-state index is 12.3. The Labute approximate surface area is 139 Å². The fourth-order valence-electron chi connectivity index (χ4n) is 1.74. The molecule has 0 heterocycles. The molecule has 0 bridgehead atoms. The van der Waals surface area contributed by atoms with Crippen molar-refractivity contribution in [3.8, 4) is 0 Å². The third kappa shape index (κ3) is 5.14. The van der Waals surface area contributed by atoms with Crippen LogP contribution in [0.25, 0.3) is 0 Å². The fourth-order valence-corrected chi connectivity index (χ4v) is 1.95. The molecule has 0 aromatic heterocycles. The smallest absolute Gasteiger partial charge is 0.326 e. The number of rotatable bonds is 5. The highest BCUT2D eigenvalue weighted by Crippen LogP contribution is 2.21. The molecule has 0 aliphatic carbocycles. The number of urea groups is 1. The SMILES string of the molecule is CC(C)[C@H](NC(=O)c1cc(NC(=O)N(C)C)ccc1Cl)C(=O)O. The maximum Gasteiger partial charge on any atom is 0.326 e. The van der Waals surface area contributed by atoms with Crippen LogP contribution in [-0.4, -0.2) is 48.1 Å². The summed E-state index contributed by atoms with van der Waals surface area (Å²) in [5, 5.41) is 14.3. The Morgan fingerprint density at radius 3 is 2.30 bits per heavy atom. The zero-order chi connectivity index (χ0) is 17.7. The number of carboxylic acid groups (broad SMARTS) is 1. The molecule has 0 saturated heterocycles. The van der Waals surface area contributed by atoms with Crippen molar-refractivity contribution in [3.05, 3.63) is 28.8 Å². The molecule has 0 unspecified atom stereocenters. The maximum atomic E-state index is 12.3. The van der Waals surface area contributed by atoms with Gasteiger partial charge in [-0.3, -0.25) is 4.79 Å². The van der Waals surface area contributed by atoms with Crippen molar-refractivity contribution in [3.63, 3.8) is 0 Å². The third-order valence-corrected chi connectivity index (χ3v) is 3.42. The minimum atomic E-state index is -1.12. The van der Waals surface area contributed by atoms with Gasteiger partial charge in [-0.1, -0.05) is 25.4 Å². The first-order chi connectivity index (χ1) is 10.6. The van der Waals surface area contributed by atoms with Gasteiger partial charge in [-0.15, -0.1) is 0 Å². The van der Waals surface area contributed by atoms with Crippen LogP contribution in [-0.2, 0) is 4.79 Å². The van der Waals surface area contributed by atoms with E-state index in [1.165, 1.54) is 17.0 Å². The molecule has 1 rings (SSSR count). The monoisotopic (exact) mass is 341 g/mol. The summed E-state index contributed by atoms with van der Waals surface area (Å²) in [6.45, 7) is 3.38. The number of aliphatic carboxylic acids is 1. The average molecular weight is 342 g/mol. The largest absolute Gasteiger partial charge is 0.480 e. The number of halogens is 1. The molecule has 1 atom stereocenters. The van der Waals surface area contributed by atoms with Gasteiger partial charge in [-0.05, 0) is 24.1 Å². The van der Waals surface area contributed by atoms with Gasteiger partial charge in [-0.25, -0.2) is 9.59 Å². The summed E-state index contributed by atoms with van der Waals surface area (Å²) >= 11 is 6.00. The number of amides is 3. The molecule has 0 saturated carbocycles. The molecule has 0 fully saturated rings. The van der Waals surface area contributed by atoms with Gasteiger partial charge in [0.2, 0.25) is 0 Å². The number of hydrogen-bond acceptors (Lipinski definition) is 3. The van der Waals surface area contributed by atoms with Crippen LogP contribution < -0.4 is 10.6 Å². The van der Waals surface area contributed by atoms with E-state index in [0.29, 0.717) is 5.69 Å². The molecule has 3 amide bonds. The summed E-state index contributed by atoms with van der Waals surface area (Å²) in [5.41, 5.74) is 0.477. The number of benzene rings is 1. The lowest BCUT2D eigenvalue weighted by molar-refractivity contribution is -0.140. The summed E-state index contributed by atoms with van der Waals surface area (Å²) in [6.07, 6.45) is 0. The van der Waals surface area contributed by atoms with Crippen LogP contribution in [0.1, 0.15) is 24.2 Å². The Balaban J connectivity index is 3.00. The Kier molecular flexibility index (Phi) is 6.38. The van der Waals surface area contributed by atoms with Crippen molar-refractivity contribution in [1.82, 2.24) is 10.2 Å². The summed E-state index contributed by atoms with van der Waals surface area (Å²) < 4.78 is 0. The van der Waals surface area contributed by atoms with E-state index in [9.17, 15) is 14.4 Å². The summed E-state index contributed by atoms with van der Waals surface area (Å²) in [7, 11) is 3.16. The first-order valence-corrected chi connectivity index (χ1v) is 7.32. The second-order valence-corrected chi connectivity index (χ2v) is 5.96. The Morgan fingerprint density at radius 1 is 1.22 bits per heavy atom. The highest BCUT2D eigenvalue weighted by Gasteiger charge is 2.25. The van der Waals surface area contributed by atoms with Gasteiger partial charge in [0, 0.05) is 19.8 Å². The van der Waals surface area contributed by atoms with Gasteiger partial charge in [-0.2, -0.15) is 0 Å². The van der Waals surface area contributed by atoms with Crippen molar-refractivity contribution in [1.29, 1.82) is 0 Å². The topological polar surface area (TPSA) is 98.7 Å². The Hall–Kier alpha value is -2.28. The number of nitrogens with one attached hydrogen (secondary N) is 2. The van der Waals surface area contributed by atoms with Crippen LogP contribution >= 0.6 is 11.6 Å². The van der Waals surface area contributed by atoms with Crippen molar-refractivity contribution in [2.75, 3.05) is 19.4 Å². The van der Waals surface area contributed by atoms with Gasteiger partial charge < -0.3 is 20.6 Å². The minimum Gasteiger partial charge on any atom is -0.480 e. The lowest BCUT2D eigenvalue weighted by Gasteiger charge is -2.19. The molecular formula is C15H20ClN3O4. The number of carbonyl (C=O) groups excluding carboxylic acids is 2. The van der Waals surface area contributed by atoms with E-state index in [4.69, 9.17) is 16.7 Å². The number of carbonyl (C=O) groups is 3. The van der Waals surface area contributed by atoms with E-state index in [1.54, 1.807) is 34.0 Å². The molecule has 1 aromatic carbocycles. The molecular weight excluding hydrogens is 322 g/mol. The Bertz CT molecular complexity index is 617. The number of nitrogens with zero attached hydrogens (tertiary/aromatic N) is 1. The molecule has 0 aliphatic heterocycles. The van der Waals surface area contributed by atoms with Crippen LogP contribution in [0.4, 0.5) is 10.5 Å². The molecule has 0 spiro atoms. The number of anilines is 1. The highest BCUT2D eigenvalue weighted by atomic mass is 35.5. The van der Waals surface area contributed by atoms with Gasteiger partial charge in [0.25, 0.3) is 5.91 Å². The summed E-state index contributed by atoms with van der Waals surface area (Å²) in [5.74, 6) is -2.02. The van der Waals surface area contributed by atoms with Crippen LogP contribution in [0, 0.1) is 5.92 Å². The van der Waals surface area contributed by atoms with Crippen molar-refractivity contribution in [2.45, 2.75) is 19.9 Å². The van der Waals surface area contributed by atoms with Crippen molar-refractivity contribution >= 4 is 35.2 Å². The lowest BCUT2D eigenvalue weighted by Crippen LogP contribution is -2.44. The Morgan fingerprint density at radius 2 is 1.83 bits per heavy atom. The van der Waals surface area contributed by atoms with Gasteiger partial charge >= 0.3 is 12.0 Å². The zero-order valence-corrected chi connectivity index (χ0v) is 14.1. The van der Waals surface area contributed by atoms with Crippen LogP contribution in [0.3, 0.4) is 0 Å². The fraction of sp³-hybridized carbons (Fsp3) is 0.400. The minimum absolute atomic E-state index is 0.0927. The normalized spacial score (nSPS) is 11.7. The summed E-state index contributed by atoms with van der Waals surface area (Å²) in [6, 6.07) is 3.03. The molecule has 23 heavy (non-hydrogen) atoms. The second-order valence-electron chi connectivity index (χ2n) is 5.55. The van der Waals surface area contributed by atoms with E-state index in [-0.39, 0.29) is 22.5 Å². The molecule has 0 aliphatic rings. The summed E-state index contributed by atoms with van der Waals surface area (Å²) in [4.78, 5) is 36.4. The molecule has 3 N–H and O–H groups in total. The average Bonchev–Trinajstić information content (AvgIpc) is 2.45. The van der Waals surface area contributed by atoms with E-state index >= 15 is 0 Å². The van der Waals surface area contributed by atoms with E-state index < -0.39 is 17.9 Å². The predicted octanol–water partition coefficient (Wildman–Crippen LogP) is 2.27. The second kappa shape index (κ2) is 7.82. The van der Waals surface area contributed by atoms with Crippen LogP contribution in [0.2, 0.25) is 5.02 Å². The standard InChI is InChI=1S/C15H20ClN3O4/c1-8(2)12(14(21)22)18-13(20)10-7-9(5-6-11(10)16)17-15(23)19(3)4/h5-8,12H,1-4H3,(H,17,23)(H,18,20)(H,21,22)/t12-/m0/s1. The third-order valence-electron chi connectivity index (χ3n) is 3.09. The number of hydrogen-bond donors (Lipinski definition) is 3. The first kappa shape index (κ1) is 18.8. The highest BCUT2D eigenvalue weighted by molar-refractivity contribution is 6.34.